The van der Waals surface area contributed by atoms with Crippen LogP contribution in [0.15, 0.2) is 18.3 Å². The molecule has 0 fully saturated rings. The van der Waals surface area contributed by atoms with Crippen LogP contribution >= 0.6 is 11.6 Å². The summed E-state index contributed by atoms with van der Waals surface area (Å²) in [4.78, 5) is 4.17. The van der Waals surface area contributed by atoms with E-state index in [9.17, 15) is 0 Å². The van der Waals surface area contributed by atoms with Crippen molar-refractivity contribution in [1.29, 1.82) is 0 Å². The first-order chi connectivity index (χ1) is 6.74. The van der Waals surface area contributed by atoms with Gasteiger partial charge in [0.1, 0.15) is 0 Å². The monoisotopic (exact) mass is 214 g/mol. The summed E-state index contributed by atoms with van der Waals surface area (Å²) in [5, 5.41) is 3.20. The third-order valence-electron chi connectivity index (χ3n) is 1.62. The Bertz CT molecular complexity index is 279. The molecule has 1 aromatic heterocycles. The van der Waals surface area contributed by atoms with Gasteiger partial charge in [0.2, 0.25) is 0 Å². The molecule has 1 aromatic rings. The van der Waals surface area contributed by atoms with E-state index < -0.39 is 0 Å². The predicted octanol–water partition coefficient (Wildman–Crippen LogP) is 2.52. The van der Waals surface area contributed by atoms with Crippen molar-refractivity contribution in [2.45, 2.75) is 19.2 Å². The molecule has 0 saturated carbocycles. The second kappa shape index (κ2) is 5.70. The van der Waals surface area contributed by atoms with E-state index in [1.165, 1.54) is 0 Å². The number of hydrogen-bond donors (Lipinski definition) is 1. The van der Waals surface area contributed by atoms with Crippen molar-refractivity contribution in [3.05, 3.63) is 18.3 Å². The molecule has 0 radical (unpaired) electrons. The number of alkyl halides is 1. The average Bonchev–Trinajstić information content (AvgIpc) is 2.17. The van der Waals surface area contributed by atoms with Crippen LogP contribution in [0.1, 0.15) is 13.8 Å². The maximum atomic E-state index is 5.83. The van der Waals surface area contributed by atoms with E-state index in [0.29, 0.717) is 13.2 Å². The normalized spacial score (nSPS) is 12.2. The fourth-order valence-corrected chi connectivity index (χ4v) is 1.11. The molecule has 0 spiro atoms. The number of hydrogen-bond acceptors (Lipinski definition) is 3. The summed E-state index contributed by atoms with van der Waals surface area (Å²) in [5.74, 6) is 1.52. The lowest BCUT2D eigenvalue weighted by atomic mass is 10.4. The highest BCUT2D eigenvalue weighted by Gasteiger charge is 2.04. The molecule has 1 heterocycles. The maximum absolute atomic E-state index is 5.83. The Labute approximate surface area is 89.4 Å². The lowest BCUT2D eigenvalue weighted by molar-refractivity contribution is 0.340. The zero-order valence-corrected chi connectivity index (χ0v) is 9.21. The Balaban J connectivity index is 2.64. The zero-order chi connectivity index (χ0) is 10.4. The number of rotatable bonds is 5. The van der Waals surface area contributed by atoms with Crippen LogP contribution in [0, 0.1) is 0 Å². The van der Waals surface area contributed by atoms with Gasteiger partial charge in [0.25, 0.3) is 0 Å². The van der Waals surface area contributed by atoms with E-state index >= 15 is 0 Å². The molecule has 1 atom stereocenters. The summed E-state index contributed by atoms with van der Waals surface area (Å²) in [6, 6.07) is 3.73. The highest BCUT2D eigenvalue weighted by molar-refractivity contribution is 6.20. The van der Waals surface area contributed by atoms with Gasteiger partial charge in [-0.1, -0.05) is 0 Å². The first-order valence-electron chi connectivity index (χ1n) is 4.69. The van der Waals surface area contributed by atoms with E-state index in [4.69, 9.17) is 16.3 Å². The van der Waals surface area contributed by atoms with Gasteiger partial charge >= 0.3 is 0 Å². The van der Waals surface area contributed by atoms with Crippen molar-refractivity contribution in [3.63, 3.8) is 0 Å². The average molecular weight is 215 g/mol. The summed E-state index contributed by atoms with van der Waals surface area (Å²) in [7, 11) is 0. The minimum Gasteiger partial charge on any atom is -0.490 e. The lowest BCUT2D eigenvalue weighted by Crippen LogP contribution is -2.12. The lowest BCUT2D eigenvalue weighted by Gasteiger charge is -2.11. The third-order valence-corrected chi connectivity index (χ3v) is 1.78. The minimum atomic E-state index is 0.0754. The standard InChI is InChI=1S/C10H15ClN2O/c1-3-14-9-5-4-6-12-10(9)13-7-8(2)11/h4-6,8H,3,7H2,1-2H3,(H,12,13). The Hall–Kier alpha value is -0.960. The molecule has 0 aliphatic carbocycles. The molecule has 0 aliphatic rings. The number of nitrogens with zero attached hydrogens (tertiary/aromatic N) is 1. The van der Waals surface area contributed by atoms with Crippen LogP contribution in [0.2, 0.25) is 0 Å². The van der Waals surface area contributed by atoms with Crippen molar-refractivity contribution in [2.75, 3.05) is 18.5 Å². The smallest absolute Gasteiger partial charge is 0.168 e. The first-order valence-corrected chi connectivity index (χ1v) is 5.13. The third kappa shape index (κ3) is 3.42. The Kier molecular flexibility index (Phi) is 4.53. The van der Waals surface area contributed by atoms with Gasteiger partial charge in [-0.15, -0.1) is 11.6 Å². The summed E-state index contributed by atoms with van der Waals surface area (Å²) in [5.41, 5.74) is 0. The molecule has 0 saturated heterocycles. The van der Waals surface area contributed by atoms with Crippen LogP contribution < -0.4 is 10.1 Å². The number of aromatic nitrogens is 1. The number of pyridine rings is 1. The van der Waals surface area contributed by atoms with Crippen LogP contribution in [-0.4, -0.2) is 23.5 Å². The van der Waals surface area contributed by atoms with Gasteiger partial charge in [0.05, 0.1) is 6.61 Å². The molecule has 0 aliphatic heterocycles. The fourth-order valence-electron chi connectivity index (χ4n) is 1.03. The molecule has 0 amide bonds. The second-order valence-electron chi connectivity index (χ2n) is 2.94. The molecule has 4 heteroatoms. The van der Waals surface area contributed by atoms with Crippen LogP contribution in [0.4, 0.5) is 5.82 Å². The quantitative estimate of drug-likeness (QED) is 0.765. The number of anilines is 1. The largest absolute Gasteiger partial charge is 0.490 e. The number of halogens is 1. The number of ether oxygens (including phenoxy) is 1. The van der Waals surface area contributed by atoms with Crippen molar-refractivity contribution in [3.8, 4) is 5.75 Å². The fraction of sp³-hybridized carbons (Fsp3) is 0.500. The second-order valence-corrected chi connectivity index (χ2v) is 3.69. The van der Waals surface area contributed by atoms with Gasteiger partial charge in [-0.05, 0) is 26.0 Å². The Morgan fingerprint density at radius 1 is 1.64 bits per heavy atom. The molecule has 1 rings (SSSR count). The van der Waals surface area contributed by atoms with Gasteiger partial charge in [0.15, 0.2) is 11.6 Å². The number of nitrogens with one attached hydrogen (secondary N) is 1. The van der Waals surface area contributed by atoms with Crippen LogP contribution in [0.25, 0.3) is 0 Å². The van der Waals surface area contributed by atoms with Gasteiger partial charge in [-0.25, -0.2) is 4.98 Å². The molecule has 1 N–H and O–H groups in total. The van der Waals surface area contributed by atoms with Crippen molar-refractivity contribution >= 4 is 17.4 Å². The maximum Gasteiger partial charge on any atom is 0.168 e. The molecule has 1 unspecified atom stereocenters. The van der Waals surface area contributed by atoms with Gasteiger partial charge in [-0.3, -0.25) is 0 Å². The summed E-state index contributed by atoms with van der Waals surface area (Å²) in [6.07, 6.45) is 1.73. The molecular formula is C10H15ClN2O. The zero-order valence-electron chi connectivity index (χ0n) is 8.46. The van der Waals surface area contributed by atoms with E-state index in [0.717, 1.165) is 11.6 Å². The molecule has 0 aromatic carbocycles. The van der Waals surface area contributed by atoms with Crippen molar-refractivity contribution in [2.24, 2.45) is 0 Å². The van der Waals surface area contributed by atoms with Crippen LogP contribution in [0.5, 0.6) is 5.75 Å². The summed E-state index contributed by atoms with van der Waals surface area (Å²) < 4.78 is 5.40. The van der Waals surface area contributed by atoms with Crippen molar-refractivity contribution in [1.82, 2.24) is 4.98 Å². The molecule has 78 valence electrons. The SMILES string of the molecule is CCOc1cccnc1NCC(C)Cl. The van der Waals surface area contributed by atoms with Gasteiger partial charge < -0.3 is 10.1 Å². The Morgan fingerprint density at radius 2 is 2.43 bits per heavy atom. The molecule has 3 nitrogen and oxygen atoms in total. The highest BCUT2D eigenvalue weighted by Crippen LogP contribution is 2.20. The molecule has 14 heavy (non-hydrogen) atoms. The van der Waals surface area contributed by atoms with E-state index in [-0.39, 0.29) is 5.38 Å². The van der Waals surface area contributed by atoms with E-state index in [2.05, 4.69) is 10.3 Å². The molecule has 0 bridgehead atoms. The van der Waals surface area contributed by atoms with E-state index in [1.54, 1.807) is 6.20 Å². The molecular weight excluding hydrogens is 200 g/mol. The summed E-state index contributed by atoms with van der Waals surface area (Å²) >= 11 is 5.83. The first kappa shape index (κ1) is 11.1. The minimum absolute atomic E-state index is 0.0754. The highest BCUT2D eigenvalue weighted by atomic mass is 35.5. The van der Waals surface area contributed by atoms with E-state index in [1.807, 2.05) is 26.0 Å². The van der Waals surface area contributed by atoms with Crippen LogP contribution in [0.3, 0.4) is 0 Å². The predicted molar refractivity (Wildman–Crippen MR) is 59.2 cm³/mol. The van der Waals surface area contributed by atoms with Crippen molar-refractivity contribution < 1.29 is 4.74 Å². The summed E-state index contributed by atoms with van der Waals surface area (Å²) in [6.45, 7) is 5.19. The Morgan fingerprint density at radius 3 is 3.07 bits per heavy atom. The topological polar surface area (TPSA) is 34.1 Å². The van der Waals surface area contributed by atoms with Gasteiger partial charge in [-0.2, -0.15) is 0 Å². The van der Waals surface area contributed by atoms with Gasteiger partial charge in [0, 0.05) is 18.1 Å². The van der Waals surface area contributed by atoms with Crippen LogP contribution in [-0.2, 0) is 0 Å².